The fraction of sp³-hybridized carbons (Fsp3) is 0.643. The Morgan fingerprint density at radius 1 is 1.47 bits per heavy atom. The van der Waals surface area contributed by atoms with E-state index < -0.39 is 0 Å². The molecule has 1 aromatic rings. The molecule has 0 atom stereocenters. The van der Waals surface area contributed by atoms with Crippen molar-refractivity contribution in [2.45, 2.75) is 50.6 Å². The highest BCUT2D eigenvalue weighted by Crippen LogP contribution is 2.27. The third-order valence-electron chi connectivity index (χ3n) is 3.44. The number of aromatic nitrogens is 2. The molecular formula is C14H20N2O2S. The Morgan fingerprint density at radius 3 is 2.89 bits per heavy atom. The second kappa shape index (κ2) is 6.89. The van der Waals surface area contributed by atoms with Gasteiger partial charge in [0.15, 0.2) is 5.16 Å². The van der Waals surface area contributed by atoms with E-state index in [4.69, 9.17) is 0 Å². The average Bonchev–Trinajstić information content (AvgIpc) is 2.89. The zero-order valence-electron chi connectivity index (χ0n) is 11.3. The first-order chi connectivity index (χ1) is 9.19. The van der Waals surface area contributed by atoms with E-state index in [0.717, 1.165) is 31.4 Å². The summed E-state index contributed by atoms with van der Waals surface area (Å²) in [7, 11) is 0. The van der Waals surface area contributed by atoms with E-state index in [9.17, 15) is 9.59 Å². The molecule has 1 aliphatic rings. The van der Waals surface area contributed by atoms with Gasteiger partial charge in [-0.2, -0.15) is 0 Å². The molecule has 2 rings (SSSR count). The monoisotopic (exact) mass is 280 g/mol. The highest BCUT2D eigenvalue weighted by atomic mass is 32.2. The van der Waals surface area contributed by atoms with E-state index in [-0.39, 0.29) is 11.5 Å². The van der Waals surface area contributed by atoms with Crippen molar-refractivity contribution in [2.75, 3.05) is 5.75 Å². The fourth-order valence-electron chi connectivity index (χ4n) is 2.44. The van der Waals surface area contributed by atoms with Gasteiger partial charge < -0.3 is 4.98 Å². The molecule has 19 heavy (non-hydrogen) atoms. The first-order valence-corrected chi connectivity index (χ1v) is 7.93. The molecule has 104 valence electrons. The van der Waals surface area contributed by atoms with Crippen LogP contribution in [-0.4, -0.2) is 21.5 Å². The Bertz CT molecular complexity index is 492. The highest BCUT2D eigenvalue weighted by molar-refractivity contribution is 7.99. The lowest BCUT2D eigenvalue weighted by Crippen LogP contribution is -2.15. The van der Waals surface area contributed by atoms with E-state index >= 15 is 0 Å². The lowest BCUT2D eigenvalue weighted by atomic mass is 10.0. The van der Waals surface area contributed by atoms with Gasteiger partial charge in [0.2, 0.25) is 0 Å². The van der Waals surface area contributed by atoms with Crippen molar-refractivity contribution < 1.29 is 4.79 Å². The maximum Gasteiger partial charge on any atom is 0.251 e. The number of carbonyl (C=O) groups excluding carboxylic acids is 1. The average molecular weight is 280 g/mol. The number of thioether (sulfide) groups is 1. The van der Waals surface area contributed by atoms with Crippen LogP contribution >= 0.6 is 11.8 Å². The summed E-state index contributed by atoms with van der Waals surface area (Å²) in [6, 6.07) is 1.53. The first kappa shape index (κ1) is 14.3. The third-order valence-corrected chi connectivity index (χ3v) is 4.34. The van der Waals surface area contributed by atoms with Crippen LogP contribution in [0.1, 0.15) is 44.7 Å². The van der Waals surface area contributed by atoms with Crippen LogP contribution in [-0.2, 0) is 11.2 Å². The van der Waals surface area contributed by atoms with E-state index in [2.05, 4.69) is 16.9 Å². The quantitative estimate of drug-likeness (QED) is 0.642. The lowest BCUT2D eigenvalue weighted by molar-refractivity contribution is -0.120. The van der Waals surface area contributed by atoms with Crippen molar-refractivity contribution in [3.05, 3.63) is 22.1 Å². The molecule has 0 radical (unpaired) electrons. The van der Waals surface area contributed by atoms with Crippen LogP contribution in [0.5, 0.6) is 0 Å². The Labute approximate surface area is 117 Å². The Morgan fingerprint density at radius 2 is 2.21 bits per heavy atom. The van der Waals surface area contributed by atoms with Crippen LogP contribution in [0.25, 0.3) is 0 Å². The number of carbonyl (C=O) groups is 1. The number of aryl methyl sites for hydroxylation is 1. The topological polar surface area (TPSA) is 62.8 Å². The molecule has 1 N–H and O–H groups in total. The van der Waals surface area contributed by atoms with Crippen molar-refractivity contribution >= 4 is 17.5 Å². The molecule has 0 aromatic carbocycles. The van der Waals surface area contributed by atoms with Crippen molar-refractivity contribution in [1.29, 1.82) is 0 Å². The second-order valence-electron chi connectivity index (χ2n) is 5.03. The summed E-state index contributed by atoms with van der Waals surface area (Å²) >= 11 is 1.35. The van der Waals surface area contributed by atoms with Gasteiger partial charge in [-0.1, -0.05) is 37.9 Å². The standard InChI is InChI=1S/C14H20N2O2S/c1-2-5-11-8-13(18)16-14(15-11)19-9-12(17)10-6-3-4-7-10/h8,10H,2-7,9H2,1H3,(H,15,16,18). The summed E-state index contributed by atoms with van der Waals surface area (Å²) in [6.07, 6.45) is 6.15. The zero-order valence-corrected chi connectivity index (χ0v) is 12.1. The summed E-state index contributed by atoms with van der Waals surface area (Å²) in [5, 5.41) is 0.572. The van der Waals surface area contributed by atoms with Crippen molar-refractivity contribution in [3.8, 4) is 0 Å². The van der Waals surface area contributed by atoms with Gasteiger partial charge in [-0.05, 0) is 19.3 Å². The molecule has 1 heterocycles. The van der Waals surface area contributed by atoms with Gasteiger partial charge in [0.25, 0.3) is 5.56 Å². The molecule has 0 unspecified atom stereocenters. The number of nitrogens with one attached hydrogen (secondary N) is 1. The lowest BCUT2D eigenvalue weighted by Gasteiger charge is -2.07. The zero-order chi connectivity index (χ0) is 13.7. The van der Waals surface area contributed by atoms with Gasteiger partial charge in [0.05, 0.1) is 5.75 Å². The summed E-state index contributed by atoms with van der Waals surface area (Å²) in [5.41, 5.74) is 0.677. The normalized spacial score (nSPS) is 15.8. The number of nitrogens with zero attached hydrogens (tertiary/aromatic N) is 1. The van der Waals surface area contributed by atoms with Crippen LogP contribution in [0.3, 0.4) is 0 Å². The Hall–Kier alpha value is -1.10. The Kier molecular flexibility index (Phi) is 5.19. The van der Waals surface area contributed by atoms with E-state index in [0.29, 0.717) is 16.7 Å². The summed E-state index contributed by atoms with van der Waals surface area (Å²) in [5.74, 6) is 0.951. The predicted octanol–water partition coefficient (Wildman–Crippen LogP) is 2.57. The summed E-state index contributed by atoms with van der Waals surface area (Å²) in [4.78, 5) is 30.5. The number of aromatic amines is 1. The van der Waals surface area contributed by atoms with Gasteiger partial charge >= 0.3 is 0 Å². The van der Waals surface area contributed by atoms with Crippen molar-refractivity contribution in [1.82, 2.24) is 9.97 Å². The van der Waals surface area contributed by atoms with Crippen LogP contribution < -0.4 is 5.56 Å². The molecule has 4 nitrogen and oxygen atoms in total. The van der Waals surface area contributed by atoms with E-state index in [1.54, 1.807) is 0 Å². The molecule has 5 heteroatoms. The minimum atomic E-state index is -0.130. The molecule has 0 bridgehead atoms. The van der Waals surface area contributed by atoms with Gasteiger partial charge in [-0.15, -0.1) is 0 Å². The van der Waals surface area contributed by atoms with Crippen LogP contribution in [0.2, 0.25) is 0 Å². The number of H-pyrrole nitrogens is 1. The van der Waals surface area contributed by atoms with Crippen LogP contribution in [0.15, 0.2) is 16.0 Å². The molecule has 0 amide bonds. The number of hydrogen-bond donors (Lipinski definition) is 1. The minimum Gasteiger partial charge on any atom is -0.301 e. The molecule has 1 fully saturated rings. The maximum atomic E-state index is 12.0. The van der Waals surface area contributed by atoms with Crippen LogP contribution in [0, 0.1) is 5.92 Å². The Balaban J connectivity index is 1.94. The van der Waals surface area contributed by atoms with Gasteiger partial charge in [-0.3, -0.25) is 9.59 Å². The number of rotatable bonds is 6. The van der Waals surface area contributed by atoms with Gasteiger partial charge in [-0.25, -0.2) is 4.98 Å². The molecule has 1 aliphatic carbocycles. The third kappa shape index (κ3) is 4.20. The van der Waals surface area contributed by atoms with Gasteiger partial charge in [0, 0.05) is 17.7 Å². The molecular weight excluding hydrogens is 260 g/mol. The molecule has 0 aliphatic heterocycles. The number of ketones is 1. The van der Waals surface area contributed by atoms with Crippen LogP contribution in [0.4, 0.5) is 0 Å². The maximum absolute atomic E-state index is 12.0. The largest absolute Gasteiger partial charge is 0.301 e. The second-order valence-corrected chi connectivity index (χ2v) is 5.99. The summed E-state index contributed by atoms with van der Waals surface area (Å²) < 4.78 is 0. The number of Topliss-reactive ketones (excluding diaryl/α,β-unsaturated/α-hetero) is 1. The van der Waals surface area contributed by atoms with E-state index in [1.165, 1.54) is 30.7 Å². The number of hydrogen-bond acceptors (Lipinski definition) is 4. The molecule has 1 aromatic heterocycles. The SMILES string of the molecule is CCCc1cc(=O)[nH]c(SCC(=O)C2CCCC2)n1. The van der Waals surface area contributed by atoms with E-state index in [1.807, 2.05) is 0 Å². The smallest absolute Gasteiger partial charge is 0.251 e. The molecule has 1 saturated carbocycles. The summed E-state index contributed by atoms with van der Waals surface area (Å²) in [6.45, 7) is 2.05. The molecule has 0 spiro atoms. The predicted molar refractivity (Wildman–Crippen MR) is 76.5 cm³/mol. The first-order valence-electron chi connectivity index (χ1n) is 6.94. The van der Waals surface area contributed by atoms with Crippen molar-refractivity contribution in [2.24, 2.45) is 5.92 Å². The van der Waals surface area contributed by atoms with Gasteiger partial charge in [0.1, 0.15) is 5.78 Å². The highest BCUT2D eigenvalue weighted by Gasteiger charge is 2.22. The minimum absolute atomic E-state index is 0.130. The molecule has 0 saturated heterocycles. The van der Waals surface area contributed by atoms with Crippen molar-refractivity contribution in [3.63, 3.8) is 0 Å². The fourth-order valence-corrected chi connectivity index (χ4v) is 3.31.